The van der Waals surface area contributed by atoms with Gasteiger partial charge < -0.3 is 79.8 Å². The van der Waals surface area contributed by atoms with Crippen molar-refractivity contribution in [1.82, 2.24) is 59.5 Å². The van der Waals surface area contributed by atoms with E-state index in [1.54, 1.807) is 58.2 Å². The molecule has 9 atom stereocenters. The highest BCUT2D eigenvalue weighted by Crippen LogP contribution is 2.51. The summed E-state index contributed by atoms with van der Waals surface area (Å²) in [5.41, 5.74) is 6.48. The van der Waals surface area contributed by atoms with E-state index in [9.17, 15) is 55.9 Å². The number of nitrogens with one attached hydrogen (secondary N) is 8. The fourth-order valence-electron chi connectivity index (χ4n) is 14.7. The van der Waals surface area contributed by atoms with Crippen LogP contribution in [0.25, 0.3) is 44.1 Å². The van der Waals surface area contributed by atoms with Crippen molar-refractivity contribution in [3.05, 3.63) is 96.1 Å². The molecule has 8 aromatic heterocycles. The van der Waals surface area contributed by atoms with Gasteiger partial charge in [0.1, 0.15) is 75.6 Å². The molecule has 111 heavy (non-hydrogen) atoms. The van der Waals surface area contributed by atoms with Gasteiger partial charge in [0.2, 0.25) is 23.6 Å². The third kappa shape index (κ3) is 18.2. The second kappa shape index (κ2) is 34.1. The number of aromatic nitrogens is 8. The number of fused-ring (bicyclic) bond motifs is 4. The minimum atomic E-state index is -2.88. The van der Waals surface area contributed by atoms with Crippen LogP contribution in [0.5, 0.6) is 0 Å². The lowest BCUT2D eigenvalue weighted by Gasteiger charge is -2.39. The standard InChI is InChI=1S/2C20H24F2N4O3.C20H23N5O3.C17H19N5O3/c2*1-3-29-19(28)14-9-24-17-13(6-7-23-17)16(14)25-12-5-4-11(2)26(10-12)18(27)15-8-20(15,21)22;1-12-2-3-13(11-25(12)17(26)6-8-21)24-18-15-7-9-22-19(15)23-10-16(18)20(27)28-14-4-5-14;1-25-17(24)13-9-20-16-12(5-7-19-16)15(13)21-11-3-2-8-22(10-11)14(23)4-6-18/h2*6-7,9,11-12,15H,3-5,8,10H2,1-2H3,(H2,23,24,25);7,9-10,12-14H,2-6,11H2,1H3,(H2,22,23,24);5,7,9,11H,2-4,8,10H2,1H3,(H2,19,20,21)/t11-,12+,15+;11-,12+,15-;12-,13+;11-/m0001/s1. The summed E-state index contributed by atoms with van der Waals surface area (Å²) >= 11 is 0. The number of piperidine rings is 4. The topological polar surface area (TPSA) is 397 Å². The predicted octanol–water partition coefficient (Wildman–Crippen LogP) is 10.6. The van der Waals surface area contributed by atoms with Gasteiger partial charge in [-0.1, -0.05) is 0 Å². The van der Waals surface area contributed by atoms with E-state index in [1.165, 1.54) is 31.9 Å². The molecule has 12 heterocycles. The van der Waals surface area contributed by atoms with Crippen molar-refractivity contribution in [2.45, 2.75) is 185 Å². The third-order valence-electron chi connectivity index (χ3n) is 21.2. The van der Waals surface area contributed by atoms with Gasteiger partial charge in [-0.3, -0.25) is 19.2 Å². The molecule has 0 spiro atoms. The first-order valence-corrected chi connectivity index (χ1v) is 37.5. The number of ether oxygens (including phenoxy) is 4. The average Bonchev–Trinajstić information content (AvgIpc) is 1.63. The number of rotatable bonds is 19. The Bertz CT molecular complexity index is 4720. The van der Waals surface area contributed by atoms with Crippen LogP contribution in [0, 0.1) is 34.5 Å². The van der Waals surface area contributed by atoms with Crippen LogP contribution < -0.4 is 21.3 Å². The molecule has 8 aromatic rings. The van der Waals surface area contributed by atoms with Crippen LogP contribution >= 0.6 is 0 Å². The number of methoxy groups -OCH3 is 1. The molecule has 3 aliphatic carbocycles. The van der Waals surface area contributed by atoms with E-state index in [1.807, 2.05) is 57.2 Å². The number of nitriles is 2. The van der Waals surface area contributed by atoms with Crippen LogP contribution in [-0.2, 0) is 38.1 Å². The second-order valence-electron chi connectivity index (χ2n) is 29.0. The molecule has 8 N–H and O–H groups in total. The zero-order valence-electron chi connectivity index (χ0n) is 62.4. The van der Waals surface area contributed by atoms with E-state index >= 15 is 0 Å². The molecule has 0 radical (unpaired) electrons. The molecule has 4 amide bonds. The molecule has 0 bridgehead atoms. The number of hydrogen-bond acceptors (Lipinski definition) is 22. The predicted molar refractivity (Wildman–Crippen MR) is 399 cm³/mol. The molecule has 7 fully saturated rings. The SMILES string of the molecule is CCOC(=O)c1cnc2[nH]ccc2c1N[C@@H]1CC[C@H](C)N(C(=O)[C@@H]2CC2(F)F)C1.CCOC(=O)c1cnc2[nH]ccc2c1N[C@@H]1CC[C@H](C)N(C(=O)[C@H]2CC2(F)F)C1.COC(=O)c1cnc2[nH]ccc2c1N[C@@H]1CCCN(C(=O)CC#N)C1.C[C@H]1CC[C@@H](Nc2c(C(=O)OC3CC3)cnc3[nH]ccc23)CN1C(=O)CC#N. The first kappa shape index (κ1) is 79.0. The summed E-state index contributed by atoms with van der Waals surface area (Å²) in [6, 6.07) is 10.7. The van der Waals surface area contributed by atoms with Crippen molar-refractivity contribution in [3.8, 4) is 12.1 Å². The number of amides is 4. The highest BCUT2D eigenvalue weighted by molar-refractivity contribution is 6.07. The number of H-pyrrole nitrogens is 4. The van der Waals surface area contributed by atoms with E-state index in [2.05, 4.69) is 61.1 Å². The van der Waals surface area contributed by atoms with Crippen LogP contribution in [-0.4, -0.2) is 220 Å². The Labute approximate surface area is 635 Å². The normalized spacial score (nSPS) is 22.8. The van der Waals surface area contributed by atoms with Crippen molar-refractivity contribution < 1.29 is 74.9 Å². The number of anilines is 4. The molecule has 3 saturated carbocycles. The van der Waals surface area contributed by atoms with Crippen LogP contribution in [0.15, 0.2) is 73.8 Å². The molecule has 0 unspecified atom stereocenters. The first-order valence-electron chi connectivity index (χ1n) is 37.5. The van der Waals surface area contributed by atoms with Gasteiger partial charge in [0.25, 0.3) is 11.8 Å². The maximum Gasteiger partial charge on any atom is 0.342 e. The van der Waals surface area contributed by atoms with Gasteiger partial charge in [-0.05, 0) is 123 Å². The van der Waals surface area contributed by atoms with E-state index in [0.717, 1.165) is 72.9 Å². The summed E-state index contributed by atoms with van der Waals surface area (Å²) < 4.78 is 74.2. The average molecular weight is 1540 g/mol. The third-order valence-corrected chi connectivity index (χ3v) is 21.2. The van der Waals surface area contributed by atoms with Crippen LogP contribution in [0.4, 0.5) is 40.3 Å². The lowest BCUT2D eigenvalue weighted by Crippen LogP contribution is -2.50. The van der Waals surface area contributed by atoms with Crippen LogP contribution in [0.3, 0.4) is 0 Å². The van der Waals surface area contributed by atoms with Crippen molar-refractivity contribution in [2.24, 2.45) is 11.8 Å². The number of hydrogen-bond donors (Lipinski definition) is 8. The number of aromatic amines is 4. The maximum absolute atomic E-state index is 13.4. The molecule has 34 heteroatoms. The van der Waals surface area contributed by atoms with Gasteiger partial charge in [-0.2, -0.15) is 10.5 Å². The minimum Gasteiger partial charge on any atom is -0.465 e. The van der Waals surface area contributed by atoms with Gasteiger partial charge in [-0.25, -0.2) is 56.7 Å². The smallest absolute Gasteiger partial charge is 0.342 e. The highest BCUT2D eigenvalue weighted by Gasteiger charge is 2.63. The van der Waals surface area contributed by atoms with Gasteiger partial charge >= 0.3 is 23.9 Å². The number of pyridine rings is 4. The molecular weight excluding hydrogens is 1440 g/mol. The zero-order valence-corrected chi connectivity index (χ0v) is 62.4. The Morgan fingerprint density at radius 3 is 1.18 bits per heavy atom. The van der Waals surface area contributed by atoms with Crippen LogP contribution in [0.1, 0.15) is 166 Å². The molecule has 15 rings (SSSR count). The van der Waals surface area contributed by atoms with E-state index in [-0.39, 0.29) is 105 Å². The summed E-state index contributed by atoms with van der Waals surface area (Å²) in [5, 5.41) is 34.2. The van der Waals surface area contributed by atoms with Crippen LogP contribution in [0.2, 0.25) is 0 Å². The molecule has 30 nitrogen and oxygen atoms in total. The number of nitrogens with zero attached hydrogens (tertiary/aromatic N) is 10. The quantitative estimate of drug-likeness (QED) is 0.0212. The second-order valence-corrected chi connectivity index (χ2v) is 29.0. The summed E-state index contributed by atoms with van der Waals surface area (Å²) in [6.45, 7) is 12.0. The number of carbonyl (C=O) groups excluding carboxylic acids is 8. The molecular formula is C77H90F4N18O12. The van der Waals surface area contributed by atoms with Crippen molar-refractivity contribution in [1.29, 1.82) is 10.5 Å². The number of halogens is 4. The van der Waals surface area contributed by atoms with Crippen molar-refractivity contribution in [2.75, 3.05) is 74.3 Å². The summed E-state index contributed by atoms with van der Waals surface area (Å²) in [5.74, 6) is -11.3. The first-order chi connectivity index (χ1) is 53.3. The summed E-state index contributed by atoms with van der Waals surface area (Å²) in [7, 11) is 1.33. The highest BCUT2D eigenvalue weighted by atomic mass is 19.3. The Morgan fingerprint density at radius 1 is 0.486 bits per heavy atom. The largest absolute Gasteiger partial charge is 0.465 e. The minimum absolute atomic E-state index is 0.0110. The lowest BCUT2D eigenvalue weighted by atomic mass is 9.97. The Kier molecular flexibility index (Phi) is 24.3. The Hall–Kier alpha value is -11.6. The molecule has 4 aliphatic heterocycles. The Morgan fingerprint density at radius 2 is 0.829 bits per heavy atom. The lowest BCUT2D eigenvalue weighted by molar-refractivity contribution is -0.139. The van der Waals surface area contributed by atoms with Gasteiger partial charge in [0.15, 0.2) is 0 Å². The Balaban J connectivity index is 0.000000138. The fraction of sp³-hybridized carbons (Fsp3) is 0.506. The molecule has 0 aromatic carbocycles. The number of alkyl halides is 4. The summed E-state index contributed by atoms with van der Waals surface area (Å²) in [6.07, 6.45) is 20.1. The van der Waals surface area contributed by atoms with Gasteiger partial charge in [0, 0.05) is 159 Å². The van der Waals surface area contributed by atoms with Crippen molar-refractivity contribution >= 4 is 114 Å². The number of esters is 4. The van der Waals surface area contributed by atoms with Gasteiger partial charge in [-0.15, -0.1) is 0 Å². The molecule has 588 valence electrons. The molecule has 7 aliphatic rings. The van der Waals surface area contributed by atoms with Gasteiger partial charge in [0.05, 0.1) is 55.2 Å². The number of likely N-dealkylation sites (tertiary alicyclic amines) is 4. The van der Waals surface area contributed by atoms with E-state index < -0.39 is 53.4 Å². The molecule has 4 saturated heterocycles. The number of carbonyl (C=O) groups is 8. The fourth-order valence-corrected chi connectivity index (χ4v) is 14.7. The monoisotopic (exact) mass is 1530 g/mol. The van der Waals surface area contributed by atoms with E-state index in [4.69, 9.17) is 29.5 Å². The summed E-state index contributed by atoms with van der Waals surface area (Å²) in [4.78, 5) is 135. The zero-order chi connectivity index (χ0) is 79.0. The van der Waals surface area contributed by atoms with E-state index in [0.29, 0.717) is 113 Å². The van der Waals surface area contributed by atoms with Crippen molar-refractivity contribution in [3.63, 3.8) is 0 Å². The maximum atomic E-state index is 13.4.